The van der Waals surface area contributed by atoms with Crippen LogP contribution in [0.5, 0.6) is 0 Å². The van der Waals surface area contributed by atoms with Crippen LogP contribution in [0.4, 0.5) is 9.80 Å². The van der Waals surface area contributed by atoms with Crippen LogP contribution in [0.25, 0.3) is 0 Å². The first-order valence-electron chi connectivity index (χ1n) is 7.10. The molecule has 0 bridgehead atoms. The van der Waals surface area contributed by atoms with Crippen molar-refractivity contribution in [3.8, 4) is 0 Å². The van der Waals surface area contributed by atoms with Crippen molar-refractivity contribution < 1.29 is 9.53 Å². The first kappa shape index (κ1) is 15.2. The highest BCUT2D eigenvalue weighted by Gasteiger charge is 2.29. The smallest absolute Gasteiger partial charge is 0.410 e. The van der Waals surface area contributed by atoms with E-state index in [0.29, 0.717) is 5.92 Å². The van der Waals surface area contributed by atoms with Gasteiger partial charge in [-0.2, -0.15) is 0 Å². The molecule has 2 rings (SSSR count). The molecule has 1 saturated heterocycles. The first-order chi connectivity index (χ1) is 9.26. The zero-order valence-electron chi connectivity index (χ0n) is 12.7. The van der Waals surface area contributed by atoms with Crippen LogP contribution >= 0.6 is 11.3 Å². The second-order valence-corrected chi connectivity index (χ2v) is 7.58. The number of thiophene rings is 1. The van der Waals surface area contributed by atoms with E-state index in [9.17, 15) is 4.79 Å². The van der Waals surface area contributed by atoms with E-state index in [2.05, 4.69) is 6.07 Å². The standard InChI is InChI=1S/C15H24N2O2S/c1-10-8-12(20-13(10)16)11-6-5-7-17(9-11)14(18)19-15(2,3)4/h8,11H,5-7,9,16H2,1-4H3. The minimum atomic E-state index is -0.437. The number of hydrogen-bond donors (Lipinski definition) is 1. The van der Waals surface area contributed by atoms with Gasteiger partial charge in [0.1, 0.15) is 5.60 Å². The lowest BCUT2D eigenvalue weighted by Crippen LogP contribution is -2.42. The quantitative estimate of drug-likeness (QED) is 0.858. The second-order valence-electron chi connectivity index (χ2n) is 6.46. The van der Waals surface area contributed by atoms with Crippen molar-refractivity contribution in [1.29, 1.82) is 0 Å². The number of rotatable bonds is 1. The molecule has 0 saturated carbocycles. The predicted octanol–water partition coefficient (Wildman–Crippen LogP) is 3.75. The molecule has 1 atom stereocenters. The highest BCUT2D eigenvalue weighted by atomic mass is 32.1. The van der Waals surface area contributed by atoms with Gasteiger partial charge in [-0.3, -0.25) is 0 Å². The number of aryl methyl sites for hydroxylation is 1. The Morgan fingerprint density at radius 1 is 1.50 bits per heavy atom. The number of amides is 1. The average molecular weight is 296 g/mol. The number of nitrogens with two attached hydrogens (primary N) is 1. The van der Waals surface area contributed by atoms with E-state index in [0.717, 1.165) is 36.5 Å². The number of ether oxygens (including phenoxy) is 1. The molecule has 0 aromatic carbocycles. The lowest BCUT2D eigenvalue weighted by molar-refractivity contribution is 0.0199. The summed E-state index contributed by atoms with van der Waals surface area (Å²) in [6.07, 6.45) is 1.92. The molecule has 4 nitrogen and oxygen atoms in total. The van der Waals surface area contributed by atoms with E-state index < -0.39 is 5.60 Å². The van der Waals surface area contributed by atoms with Crippen LogP contribution in [-0.4, -0.2) is 29.7 Å². The molecule has 5 heteroatoms. The Morgan fingerprint density at radius 2 is 2.20 bits per heavy atom. The molecule has 1 unspecified atom stereocenters. The lowest BCUT2D eigenvalue weighted by Gasteiger charge is -2.33. The molecular formula is C15H24N2O2S. The van der Waals surface area contributed by atoms with E-state index in [1.54, 1.807) is 11.3 Å². The van der Waals surface area contributed by atoms with Gasteiger partial charge >= 0.3 is 6.09 Å². The number of anilines is 1. The van der Waals surface area contributed by atoms with Gasteiger partial charge in [-0.1, -0.05) is 0 Å². The Labute approximate surface area is 124 Å². The van der Waals surface area contributed by atoms with E-state index in [1.807, 2.05) is 32.6 Å². The maximum absolute atomic E-state index is 12.1. The second kappa shape index (κ2) is 5.64. The fraction of sp³-hybridized carbons (Fsp3) is 0.667. The molecule has 1 aliphatic rings. The highest BCUT2D eigenvalue weighted by Crippen LogP contribution is 2.35. The number of nitrogen functional groups attached to an aromatic ring is 1. The maximum atomic E-state index is 12.1. The Morgan fingerprint density at radius 3 is 2.75 bits per heavy atom. The zero-order valence-corrected chi connectivity index (χ0v) is 13.5. The van der Waals surface area contributed by atoms with Crippen LogP contribution in [0.2, 0.25) is 0 Å². The summed E-state index contributed by atoms with van der Waals surface area (Å²) in [5, 5.41) is 0.884. The van der Waals surface area contributed by atoms with Crippen molar-refractivity contribution in [3.05, 3.63) is 16.5 Å². The van der Waals surface area contributed by atoms with Crippen molar-refractivity contribution >= 4 is 22.4 Å². The molecule has 1 aromatic heterocycles. The van der Waals surface area contributed by atoms with Crippen LogP contribution < -0.4 is 5.73 Å². The monoisotopic (exact) mass is 296 g/mol. The number of piperidine rings is 1. The number of hydrogen-bond acceptors (Lipinski definition) is 4. The van der Waals surface area contributed by atoms with Gasteiger partial charge in [0.2, 0.25) is 0 Å². The van der Waals surface area contributed by atoms with Crippen molar-refractivity contribution in [1.82, 2.24) is 4.90 Å². The summed E-state index contributed by atoms with van der Waals surface area (Å²) < 4.78 is 5.46. The van der Waals surface area contributed by atoms with Crippen LogP contribution in [0.3, 0.4) is 0 Å². The molecule has 2 N–H and O–H groups in total. The van der Waals surface area contributed by atoms with Crippen LogP contribution in [0, 0.1) is 6.92 Å². The van der Waals surface area contributed by atoms with E-state index in [-0.39, 0.29) is 6.09 Å². The molecule has 1 aromatic rings. The molecule has 0 spiro atoms. The van der Waals surface area contributed by atoms with Crippen molar-refractivity contribution in [2.75, 3.05) is 18.8 Å². The largest absolute Gasteiger partial charge is 0.444 e. The normalized spacial score (nSPS) is 20.0. The molecule has 0 radical (unpaired) electrons. The maximum Gasteiger partial charge on any atom is 0.410 e. The topological polar surface area (TPSA) is 55.6 Å². The van der Waals surface area contributed by atoms with Gasteiger partial charge in [-0.15, -0.1) is 11.3 Å². The fourth-order valence-corrected chi connectivity index (χ4v) is 3.49. The fourth-order valence-electron chi connectivity index (χ4n) is 2.42. The number of nitrogens with zero attached hydrogens (tertiary/aromatic N) is 1. The molecule has 1 amide bonds. The first-order valence-corrected chi connectivity index (χ1v) is 7.91. The van der Waals surface area contributed by atoms with E-state index in [4.69, 9.17) is 10.5 Å². The summed E-state index contributed by atoms with van der Waals surface area (Å²) in [6, 6.07) is 2.16. The Hall–Kier alpha value is -1.23. The summed E-state index contributed by atoms with van der Waals surface area (Å²) in [5.74, 6) is 0.386. The molecular weight excluding hydrogens is 272 g/mol. The van der Waals surface area contributed by atoms with Gasteiger partial charge in [-0.25, -0.2) is 4.79 Å². The van der Waals surface area contributed by atoms with Crippen molar-refractivity contribution in [2.24, 2.45) is 0 Å². The van der Waals surface area contributed by atoms with Crippen LogP contribution in [0.1, 0.15) is 50.0 Å². The third-order valence-corrected chi connectivity index (χ3v) is 4.68. The zero-order chi connectivity index (χ0) is 14.9. The van der Waals surface area contributed by atoms with Crippen molar-refractivity contribution in [3.63, 3.8) is 0 Å². The summed E-state index contributed by atoms with van der Waals surface area (Å²) in [5.41, 5.74) is 6.64. The number of likely N-dealkylation sites (tertiary alicyclic amines) is 1. The van der Waals surface area contributed by atoms with Gasteiger partial charge in [0.05, 0.1) is 5.00 Å². The van der Waals surface area contributed by atoms with Gasteiger partial charge in [-0.05, 0) is 52.2 Å². The minimum Gasteiger partial charge on any atom is -0.444 e. The van der Waals surface area contributed by atoms with Gasteiger partial charge in [0.25, 0.3) is 0 Å². The van der Waals surface area contributed by atoms with Gasteiger partial charge < -0.3 is 15.4 Å². The Bertz CT molecular complexity index is 471. The summed E-state index contributed by atoms with van der Waals surface area (Å²) in [7, 11) is 0. The van der Waals surface area contributed by atoms with E-state index >= 15 is 0 Å². The SMILES string of the molecule is Cc1cc(C2CCCN(C(=O)OC(C)(C)C)C2)sc1N. The Balaban J connectivity index is 2.03. The minimum absolute atomic E-state index is 0.205. The summed E-state index contributed by atoms with van der Waals surface area (Å²) >= 11 is 1.65. The number of carbonyl (C=O) groups excluding carboxylic acids is 1. The molecule has 112 valence electrons. The molecule has 1 aliphatic heterocycles. The van der Waals surface area contributed by atoms with Gasteiger partial charge in [0, 0.05) is 23.9 Å². The summed E-state index contributed by atoms with van der Waals surface area (Å²) in [6.45, 7) is 9.24. The lowest BCUT2D eigenvalue weighted by atomic mass is 9.96. The average Bonchev–Trinajstić information content (AvgIpc) is 2.68. The molecule has 2 heterocycles. The highest BCUT2D eigenvalue weighted by molar-refractivity contribution is 7.16. The third-order valence-electron chi connectivity index (χ3n) is 3.45. The predicted molar refractivity (Wildman–Crippen MR) is 83.3 cm³/mol. The molecule has 20 heavy (non-hydrogen) atoms. The Kier molecular flexibility index (Phi) is 4.28. The van der Waals surface area contributed by atoms with Crippen molar-refractivity contribution in [2.45, 2.75) is 52.1 Å². The van der Waals surface area contributed by atoms with Crippen LogP contribution in [-0.2, 0) is 4.74 Å². The molecule has 1 fully saturated rings. The van der Waals surface area contributed by atoms with Crippen LogP contribution in [0.15, 0.2) is 6.07 Å². The van der Waals surface area contributed by atoms with Gasteiger partial charge in [0.15, 0.2) is 0 Å². The number of carbonyl (C=O) groups is 1. The third kappa shape index (κ3) is 3.66. The summed E-state index contributed by atoms with van der Waals surface area (Å²) in [4.78, 5) is 15.3. The molecule has 0 aliphatic carbocycles. The van der Waals surface area contributed by atoms with E-state index in [1.165, 1.54) is 4.88 Å².